The number of pyridine rings is 1. The van der Waals surface area contributed by atoms with Crippen molar-refractivity contribution in [2.24, 2.45) is 0 Å². The van der Waals surface area contributed by atoms with Gasteiger partial charge in [0.05, 0.1) is 4.92 Å². The fourth-order valence-corrected chi connectivity index (χ4v) is 2.02. The third kappa shape index (κ3) is 2.91. The van der Waals surface area contributed by atoms with Crippen LogP contribution in [0.15, 0.2) is 42.7 Å². The Morgan fingerprint density at radius 3 is 2.17 bits per heavy atom. The lowest BCUT2D eigenvalue weighted by molar-refractivity contribution is -0.689. The molecule has 0 aliphatic heterocycles. The van der Waals surface area contributed by atoms with Crippen LogP contribution in [0.1, 0.15) is 16.7 Å². The second kappa shape index (κ2) is 4.96. The van der Waals surface area contributed by atoms with Crippen LogP contribution in [0.5, 0.6) is 0 Å². The molecule has 0 saturated carbocycles. The van der Waals surface area contributed by atoms with E-state index in [-0.39, 0.29) is 10.6 Å². The van der Waals surface area contributed by atoms with E-state index in [9.17, 15) is 10.1 Å². The first-order valence-corrected chi connectivity index (χ1v) is 5.75. The Hall–Kier alpha value is -2.23. The molecule has 0 aliphatic rings. The molecule has 1 aromatic heterocycles. The summed E-state index contributed by atoms with van der Waals surface area (Å²) in [6.07, 6.45) is 4.13. The Bertz CT molecular complexity index is 557. The summed E-state index contributed by atoms with van der Waals surface area (Å²) in [6.45, 7) is 4.83. The maximum Gasteiger partial charge on any atom is 0.269 e. The van der Waals surface area contributed by atoms with Gasteiger partial charge >= 0.3 is 0 Å². The SMILES string of the molecule is Cc1cc(C)c[n+](Cc2ccc([N+](=O)[O-])cc2)c1. The van der Waals surface area contributed by atoms with Gasteiger partial charge in [0.2, 0.25) is 0 Å². The third-order valence-electron chi connectivity index (χ3n) is 2.71. The Kier molecular flexibility index (Phi) is 3.37. The van der Waals surface area contributed by atoms with Gasteiger partial charge in [0.25, 0.3) is 5.69 Å². The zero-order valence-electron chi connectivity index (χ0n) is 10.5. The fraction of sp³-hybridized carbons (Fsp3) is 0.214. The normalized spacial score (nSPS) is 10.3. The Morgan fingerprint density at radius 2 is 1.67 bits per heavy atom. The Labute approximate surface area is 106 Å². The van der Waals surface area contributed by atoms with Crippen molar-refractivity contribution in [3.05, 3.63) is 69.5 Å². The summed E-state index contributed by atoms with van der Waals surface area (Å²) in [5.41, 5.74) is 3.59. The highest BCUT2D eigenvalue weighted by Crippen LogP contribution is 2.11. The molecule has 0 N–H and O–H groups in total. The molecule has 92 valence electrons. The molecular formula is C14H15N2O2+. The summed E-state index contributed by atoms with van der Waals surface area (Å²) in [6, 6.07) is 8.79. The average Bonchev–Trinajstić information content (AvgIpc) is 2.28. The van der Waals surface area contributed by atoms with E-state index in [2.05, 4.69) is 36.9 Å². The van der Waals surface area contributed by atoms with Crippen molar-refractivity contribution in [1.29, 1.82) is 0 Å². The van der Waals surface area contributed by atoms with Crippen LogP contribution >= 0.6 is 0 Å². The predicted octanol–water partition coefficient (Wildman–Crippen LogP) is 2.55. The lowest BCUT2D eigenvalue weighted by atomic mass is 10.2. The van der Waals surface area contributed by atoms with Crippen molar-refractivity contribution in [2.45, 2.75) is 20.4 Å². The standard InChI is InChI=1S/C14H15N2O2/c1-11-7-12(2)9-15(8-11)10-13-3-5-14(6-4-13)16(17)18/h3-9H,10H2,1-2H3/q+1. The lowest BCUT2D eigenvalue weighted by Crippen LogP contribution is -2.34. The number of nitrogens with zero attached hydrogens (tertiary/aromatic N) is 2. The molecule has 0 fully saturated rings. The first-order chi connectivity index (χ1) is 8.54. The number of hydrogen-bond donors (Lipinski definition) is 0. The second-order valence-corrected chi connectivity index (χ2v) is 4.49. The molecule has 0 spiro atoms. The summed E-state index contributed by atoms with van der Waals surface area (Å²) < 4.78 is 2.09. The van der Waals surface area contributed by atoms with Gasteiger partial charge in [0, 0.05) is 28.8 Å². The molecule has 0 unspecified atom stereocenters. The van der Waals surface area contributed by atoms with Crippen molar-refractivity contribution >= 4 is 5.69 Å². The molecule has 0 radical (unpaired) electrons. The first-order valence-electron chi connectivity index (χ1n) is 5.75. The largest absolute Gasteiger partial charge is 0.269 e. The van der Waals surface area contributed by atoms with Crippen molar-refractivity contribution in [2.75, 3.05) is 0 Å². The minimum atomic E-state index is -0.381. The van der Waals surface area contributed by atoms with E-state index in [0.717, 1.165) is 12.1 Å². The quantitative estimate of drug-likeness (QED) is 0.472. The molecule has 0 amide bonds. The summed E-state index contributed by atoms with van der Waals surface area (Å²) in [4.78, 5) is 10.2. The number of hydrogen-bond acceptors (Lipinski definition) is 2. The minimum absolute atomic E-state index is 0.129. The number of nitro benzene ring substituents is 1. The van der Waals surface area contributed by atoms with Gasteiger partial charge in [0.15, 0.2) is 18.9 Å². The maximum atomic E-state index is 10.6. The van der Waals surface area contributed by atoms with Crippen LogP contribution in [-0.2, 0) is 6.54 Å². The minimum Gasteiger partial charge on any atom is -0.258 e. The highest BCUT2D eigenvalue weighted by atomic mass is 16.6. The van der Waals surface area contributed by atoms with Crippen LogP contribution in [0.3, 0.4) is 0 Å². The number of benzene rings is 1. The molecule has 2 aromatic rings. The second-order valence-electron chi connectivity index (χ2n) is 4.49. The van der Waals surface area contributed by atoms with E-state index in [1.54, 1.807) is 24.3 Å². The Morgan fingerprint density at radius 1 is 1.11 bits per heavy atom. The fourth-order valence-electron chi connectivity index (χ4n) is 2.02. The van der Waals surface area contributed by atoms with Crippen LogP contribution < -0.4 is 4.57 Å². The topological polar surface area (TPSA) is 47.0 Å². The van der Waals surface area contributed by atoms with Crippen LogP contribution in [-0.4, -0.2) is 4.92 Å². The molecule has 4 heteroatoms. The molecule has 1 heterocycles. The van der Waals surface area contributed by atoms with Crippen LogP contribution in [0.25, 0.3) is 0 Å². The van der Waals surface area contributed by atoms with E-state index < -0.39 is 0 Å². The van der Waals surface area contributed by atoms with Crippen molar-refractivity contribution in [3.8, 4) is 0 Å². The van der Waals surface area contributed by atoms with Gasteiger partial charge in [-0.1, -0.05) is 0 Å². The molecule has 4 nitrogen and oxygen atoms in total. The van der Waals surface area contributed by atoms with E-state index in [1.165, 1.54) is 11.1 Å². The maximum absolute atomic E-state index is 10.6. The lowest BCUT2D eigenvalue weighted by Gasteiger charge is -2.00. The number of non-ortho nitro benzene ring substituents is 1. The molecule has 2 rings (SSSR count). The van der Waals surface area contributed by atoms with Gasteiger partial charge in [0.1, 0.15) is 0 Å². The number of rotatable bonds is 3. The third-order valence-corrected chi connectivity index (χ3v) is 2.71. The molecule has 18 heavy (non-hydrogen) atoms. The van der Waals surface area contributed by atoms with Crippen molar-refractivity contribution < 1.29 is 9.49 Å². The average molecular weight is 243 g/mol. The zero-order valence-corrected chi connectivity index (χ0v) is 10.5. The monoisotopic (exact) mass is 243 g/mol. The molecule has 1 aromatic carbocycles. The van der Waals surface area contributed by atoms with Crippen LogP contribution in [0.4, 0.5) is 5.69 Å². The van der Waals surface area contributed by atoms with E-state index >= 15 is 0 Å². The van der Waals surface area contributed by atoms with E-state index in [4.69, 9.17) is 0 Å². The summed E-state index contributed by atoms with van der Waals surface area (Å²) in [5, 5.41) is 10.6. The molecule has 0 bridgehead atoms. The molecule has 0 atom stereocenters. The highest BCUT2D eigenvalue weighted by molar-refractivity contribution is 5.32. The van der Waals surface area contributed by atoms with E-state index in [0.29, 0.717) is 0 Å². The van der Waals surface area contributed by atoms with Gasteiger partial charge in [-0.05, 0) is 32.0 Å². The number of aromatic nitrogens is 1. The zero-order chi connectivity index (χ0) is 13.1. The summed E-state index contributed by atoms with van der Waals surface area (Å²) in [7, 11) is 0. The first kappa shape index (κ1) is 12.2. The predicted molar refractivity (Wildman–Crippen MR) is 68.3 cm³/mol. The molecule has 0 aliphatic carbocycles. The van der Waals surface area contributed by atoms with Gasteiger partial charge in [-0.2, -0.15) is 0 Å². The van der Waals surface area contributed by atoms with Crippen molar-refractivity contribution in [3.63, 3.8) is 0 Å². The summed E-state index contributed by atoms with van der Waals surface area (Å²) in [5.74, 6) is 0. The van der Waals surface area contributed by atoms with E-state index in [1.807, 2.05) is 0 Å². The highest BCUT2D eigenvalue weighted by Gasteiger charge is 2.08. The van der Waals surface area contributed by atoms with Crippen molar-refractivity contribution in [1.82, 2.24) is 0 Å². The number of aryl methyl sites for hydroxylation is 2. The van der Waals surface area contributed by atoms with Gasteiger partial charge in [-0.25, -0.2) is 4.57 Å². The molecule has 0 saturated heterocycles. The number of nitro groups is 1. The smallest absolute Gasteiger partial charge is 0.258 e. The Balaban J connectivity index is 2.20. The molecular weight excluding hydrogens is 228 g/mol. The van der Waals surface area contributed by atoms with Gasteiger partial charge in [-0.3, -0.25) is 10.1 Å². The van der Waals surface area contributed by atoms with Crippen LogP contribution in [0.2, 0.25) is 0 Å². The van der Waals surface area contributed by atoms with Gasteiger partial charge in [-0.15, -0.1) is 0 Å². The summed E-state index contributed by atoms with van der Waals surface area (Å²) >= 11 is 0. The van der Waals surface area contributed by atoms with Crippen LogP contribution in [0, 0.1) is 24.0 Å². The van der Waals surface area contributed by atoms with Gasteiger partial charge < -0.3 is 0 Å².